The molecule has 1 saturated heterocycles. The maximum absolute atomic E-state index is 11.0. The van der Waals surface area contributed by atoms with Crippen LogP contribution in [-0.4, -0.2) is 17.7 Å². The van der Waals surface area contributed by atoms with E-state index in [0.717, 1.165) is 0 Å². The number of carbonyl (C=O) groups is 1. The number of hydrogen-bond acceptors (Lipinski definition) is 2. The Balaban J connectivity index is 2.35. The molecule has 0 saturated carbocycles. The highest BCUT2D eigenvalue weighted by Crippen LogP contribution is 2.38. The summed E-state index contributed by atoms with van der Waals surface area (Å²) in [6, 6.07) is 4.98. The van der Waals surface area contributed by atoms with Crippen molar-refractivity contribution in [1.29, 1.82) is 0 Å². The van der Waals surface area contributed by atoms with Crippen molar-refractivity contribution in [1.82, 2.24) is 0 Å². The Labute approximate surface area is 103 Å². The second kappa shape index (κ2) is 4.62. The minimum Gasteiger partial charge on any atom is -0.481 e. The van der Waals surface area contributed by atoms with E-state index in [9.17, 15) is 4.79 Å². The molecule has 1 fully saturated rings. The summed E-state index contributed by atoms with van der Waals surface area (Å²) in [5.74, 6) is -1.41. The largest absolute Gasteiger partial charge is 0.481 e. The molecule has 1 N–H and O–H groups in total. The maximum atomic E-state index is 11.0. The van der Waals surface area contributed by atoms with Gasteiger partial charge in [0, 0.05) is 22.2 Å². The molecule has 0 aromatic heterocycles. The average Bonchev–Trinajstić information content (AvgIpc) is 2.70. The van der Waals surface area contributed by atoms with Crippen LogP contribution in [0.1, 0.15) is 18.1 Å². The van der Waals surface area contributed by atoms with Crippen LogP contribution in [0.2, 0.25) is 10.0 Å². The van der Waals surface area contributed by atoms with E-state index in [1.54, 1.807) is 18.2 Å². The van der Waals surface area contributed by atoms with Gasteiger partial charge in [-0.25, -0.2) is 0 Å². The van der Waals surface area contributed by atoms with Gasteiger partial charge in [0.15, 0.2) is 0 Å². The molecule has 86 valence electrons. The van der Waals surface area contributed by atoms with Crippen molar-refractivity contribution < 1.29 is 14.6 Å². The summed E-state index contributed by atoms with van der Waals surface area (Å²) in [5.41, 5.74) is 0.652. The van der Waals surface area contributed by atoms with Gasteiger partial charge in [0.2, 0.25) is 0 Å². The van der Waals surface area contributed by atoms with Crippen molar-refractivity contribution in [3.63, 3.8) is 0 Å². The van der Waals surface area contributed by atoms with Gasteiger partial charge in [0.1, 0.15) is 0 Å². The van der Waals surface area contributed by atoms with E-state index in [2.05, 4.69) is 0 Å². The molecule has 1 aromatic carbocycles. The Morgan fingerprint density at radius 2 is 2.19 bits per heavy atom. The van der Waals surface area contributed by atoms with E-state index in [0.29, 0.717) is 28.6 Å². The lowest BCUT2D eigenvalue weighted by Crippen LogP contribution is -2.17. The molecule has 2 rings (SSSR count). The summed E-state index contributed by atoms with van der Waals surface area (Å²) in [5, 5.41) is 10.1. The first-order valence-corrected chi connectivity index (χ1v) is 5.64. The van der Waals surface area contributed by atoms with Crippen molar-refractivity contribution in [2.75, 3.05) is 6.61 Å². The Hall–Kier alpha value is -0.770. The number of carboxylic acids is 1. The average molecular weight is 261 g/mol. The van der Waals surface area contributed by atoms with Gasteiger partial charge in [-0.15, -0.1) is 0 Å². The minimum atomic E-state index is -0.862. The van der Waals surface area contributed by atoms with Crippen LogP contribution in [0.25, 0.3) is 0 Å². The minimum absolute atomic E-state index is 0.435. The van der Waals surface area contributed by atoms with E-state index in [1.165, 1.54) is 0 Å². The maximum Gasteiger partial charge on any atom is 0.309 e. The highest BCUT2D eigenvalue weighted by Gasteiger charge is 2.36. The normalized spacial score (nSPS) is 24.6. The first-order valence-electron chi connectivity index (χ1n) is 4.89. The van der Waals surface area contributed by atoms with Gasteiger partial charge >= 0.3 is 5.97 Å². The topological polar surface area (TPSA) is 46.5 Å². The lowest BCUT2D eigenvalue weighted by Gasteiger charge is -2.16. The highest BCUT2D eigenvalue weighted by molar-refractivity contribution is 6.33. The molecule has 3 nitrogen and oxygen atoms in total. The van der Waals surface area contributed by atoms with Gasteiger partial charge in [-0.3, -0.25) is 4.79 Å². The zero-order valence-electron chi connectivity index (χ0n) is 8.32. The Morgan fingerprint density at radius 3 is 2.88 bits per heavy atom. The van der Waals surface area contributed by atoms with Crippen LogP contribution in [0, 0.1) is 5.92 Å². The molecule has 2 atom stereocenters. The Kier molecular flexibility index (Phi) is 3.38. The van der Waals surface area contributed by atoms with Crippen LogP contribution in [0.4, 0.5) is 0 Å². The molecule has 0 bridgehead atoms. The number of hydrogen-bond donors (Lipinski definition) is 1. The third kappa shape index (κ3) is 2.17. The molecule has 0 radical (unpaired) electrons. The van der Waals surface area contributed by atoms with Crippen molar-refractivity contribution in [2.45, 2.75) is 12.5 Å². The van der Waals surface area contributed by atoms with Gasteiger partial charge in [-0.1, -0.05) is 23.2 Å². The number of rotatable bonds is 2. The zero-order valence-corrected chi connectivity index (χ0v) is 9.83. The molecule has 0 aliphatic carbocycles. The molecule has 1 aliphatic rings. The summed E-state index contributed by atoms with van der Waals surface area (Å²) in [7, 11) is 0. The van der Waals surface area contributed by atoms with Gasteiger partial charge < -0.3 is 9.84 Å². The summed E-state index contributed by atoms with van der Waals surface area (Å²) in [6.45, 7) is 0.435. The van der Waals surface area contributed by atoms with E-state index < -0.39 is 18.0 Å². The smallest absolute Gasteiger partial charge is 0.309 e. The van der Waals surface area contributed by atoms with E-state index in [1.807, 2.05) is 0 Å². The molecule has 5 heteroatoms. The number of carboxylic acid groups (broad SMARTS) is 1. The highest BCUT2D eigenvalue weighted by atomic mass is 35.5. The van der Waals surface area contributed by atoms with E-state index in [4.69, 9.17) is 33.0 Å². The van der Waals surface area contributed by atoms with Crippen LogP contribution < -0.4 is 0 Å². The van der Waals surface area contributed by atoms with Crippen LogP contribution >= 0.6 is 23.2 Å². The second-order valence-corrected chi connectivity index (χ2v) is 4.53. The van der Waals surface area contributed by atoms with Crippen LogP contribution in [-0.2, 0) is 9.53 Å². The first-order chi connectivity index (χ1) is 7.59. The first kappa shape index (κ1) is 11.7. The van der Waals surface area contributed by atoms with Crippen LogP contribution in [0.15, 0.2) is 18.2 Å². The van der Waals surface area contributed by atoms with Crippen molar-refractivity contribution in [3.05, 3.63) is 33.8 Å². The summed E-state index contributed by atoms with van der Waals surface area (Å²) < 4.78 is 5.42. The molecule has 1 aromatic rings. The quantitative estimate of drug-likeness (QED) is 0.889. The summed E-state index contributed by atoms with van der Waals surface area (Å²) >= 11 is 11.9. The third-order valence-corrected chi connectivity index (χ3v) is 3.25. The number of ether oxygens (including phenoxy) is 1. The monoisotopic (exact) mass is 260 g/mol. The van der Waals surface area contributed by atoms with Gasteiger partial charge in [0.05, 0.1) is 12.0 Å². The van der Waals surface area contributed by atoms with Gasteiger partial charge in [-0.2, -0.15) is 0 Å². The van der Waals surface area contributed by atoms with Crippen LogP contribution in [0.5, 0.6) is 0 Å². The van der Waals surface area contributed by atoms with Crippen LogP contribution in [0.3, 0.4) is 0 Å². The standard InChI is InChI=1S/C11H10Cl2O3/c12-6-1-2-9(13)8(5-6)10-7(11(14)15)3-4-16-10/h1-2,5,7,10H,3-4H2,(H,14,15). The lowest BCUT2D eigenvalue weighted by atomic mass is 9.95. The van der Waals surface area contributed by atoms with Crippen molar-refractivity contribution >= 4 is 29.2 Å². The van der Waals surface area contributed by atoms with Crippen molar-refractivity contribution in [3.8, 4) is 0 Å². The molecular formula is C11H10Cl2O3. The van der Waals surface area contributed by atoms with Crippen molar-refractivity contribution in [2.24, 2.45) is 5.92 Å². The molecule has 1 heterocycles. The lowest BCUT2D eigenvalue weighted by molar-refractivity contribution is -0.143. The third-order valence-electron chi connectivity index (χ3n) is 2.67. The number of halogens is 2. The molecule has 0 amide bonds. The Morgan fingerprint density at radius 1 is 1.44 bits per heavy atom. The predicted molar refractivity (Wildman–Crippen MR) is 60.9 cm³/mol. The molecule has 16 heavy (non-hydrogen) atoms. The van der Waals surface area contributed by atoms with E-state index >= 15 is 0 Å². The fourth-order valence-electron chi connectivity index (χ4n) is 1.88. The van der Waals surface area contributed by atoms with Gasteiger partial charge in [0.25, 0.3) is 0 Å². The zero-order chi connectivity index (χ0) is 11.7. The molecule has 1 aliphatic heterocycles. The molecule has 0 spiro atoms. The van der Waals surface area contributed by atoms with E-state index in [-0.39, 0.29) is 0 Å². The number of benzene rings is 1. The fraction of sp³-hybridized carbons (Fsp3) is 0.364. The fourth-order valence-corrected chi connectivity index (χ4v) is 2.29. The SMILES string of the molecule is O=C(O)C1CCOC1c1cc(Cl)ccc1Cl. The molecular weight excluding hydrogens is 251 g/mol. The summed E-state index contributed by atoms with van der Waals surface area (Å²) in [6.07, 6.45) is 0.00625. The summed E-state index contributed by atoms with van der Waals surface area (Å²) in [4.78, 5) is 11.0. The van der Waals surface area contributed by atoms with Gasteiger partial charge in [-0.05, 0) is 24.6 Å². The molecule has 2 unspecified atom stereocenters. The predicted octanol–water partition coefficient (Wildman–Crippen LogP) is 3.16. The number of aliphatic carboxylic acids is 1. The second-order valence-electron chi connectivity index (χ2n) is 3.69. The Bertz CT molecular complexity index is 420.